The molecule has 11 aromatic carbocycles. The van der Waals surface area contributed by atoms with Crippen molar-refractivity contribution in [1.82, 2.24) is 0 Å². The van der Waals surface area contributed by atoms with E-state index < -0.39 is 98.0 Å². The molecule has 0 aromatic heterocycles. The summed E-state index contributed by atoms with van der Waals surface area (Å²) in [6.07, 6.45) is -18.1. The van der Waals surface area contributed by atoms with Crippen molar-refractivity contribution in [1.29, 1.82) is 0 Å². The van der Waals surface area contributed by atoms with Crippen molar-refractivity contribution in [2.45, 2.75) is 171 Å². The minimum absolute atomic E-state index is 0.0269. The summed E-state index contributed by atoms with van der Waals surface area (Å²) in [6.45, 7) is 1.71. The van der Waals surface area contributed by atoms with Crippen LogP contribution in [-0.2, 0) is 144 Å². The normalized spacial score (nSPS) is 24.6. The Morgan fingerprint density at radius 1 is 0.189 bits per heavy atom. The molecule has 1 N–H and O–H groups in total. The zero-order valence-corrected chi connectivity index (χ0v) is 62.3. The van der Waals surface area contributed by atoms with Crippen molar-refractivity contribution in [3.8, 4) is 0 Å². The van der Waals surface area contributed by atoms with Crippen LogP contribution in [0, 0.1) is 0 Å². The first-order valence-corrected chi connectivity index (χ1v) is 38.4. The van der Waals surface area contributed by atoms with Gasteiger partial charge in [0.15, 0.2) is 12.6 Å². The Bertz CT molecular complexity index is 4090. The van der Waals surface area contributed by atoms with Gasteiger partial charge in [-0.05, 0) is 61.2 Å². The molecule has 9 unspecified atom stereocenters. The zero-order chi connectivity index (χ0) is 75.3. The highest BCUT2D eigenvalue weighted by Crippen LogP contribution is 2.41. The Balaban J connectivity index is 0.913. The summed E-state index contributed by atoms with van der Waals surface area (Å²) in [5.74, 6) is 0. The highest BCUT2D eigenvalue weighted by Gasteiger charge is 2.60. The van der Waals surface area contributed by atoms with Crippen LogP contribution in [0.15, 0.2) is 334 Å². The molecule has 0 bridgehead atoms. The monoisotopic (exact) mass is 1490 g/mol. The third-order valence-corrected chi connectivity index (χ3v) is 20.1. The average Bonchev–Trinajstić information content (AvgIpc) is 0.750. The van der Waals surface area contributed by atoms with Gasteiger partial charge in [-0.3, -0.25) is 0 Å². The number of aliphatic hydroxyl groups is 1. The Morgan fingerprint density at radius 3 is 0.559 bits per heavy atom. The van der Waals surface area contributed by atoms with Crippen molar-refractivity contribution < 1.29 is 76.2 Å². The molecule has 1 saturated carbocycles. The van der Waals surface area contributed by atoms with Gasteiger partial charge in [0.1, 0.15) is 85.5 Å². The van der Waals surface area contributed by atoms with E-state index in [2.05, 4.69) is 0 Å². The van der Waals surface area contributed by atoms with Gasteiger partial charge in [-0.1, -0.05) is 334 Å². The molecule has 16 heteroatoms. The molecule has 3 fully saturated rings. The van der Waals surface area contributed by atoms with Gasteiger partial charge in [0.05, 0.1) is 85.9 Å². The summed E-state index contributed by atoms with van der Waals surface area (Å²) >= 11 is 0. The topological polar surface area (TPSA) is 159 Å². The molecule has 574 valence electrons. The van der Waals surface area contributed by atoms with Crippen molar-refractivity contribution in [3.63, 3.8) is 0 Å². The van der Waals surface area contributed by atoms with Gasteiger partial charge in [-0.15, -0.1) is 0 Å². The van der Waals surface area contributed by atoms with Crippen LogP contribution >= 0.6 is 0 Å². The molecule has 0 spiro atoms. The van der Waals surface area contributed by atoms with Crippen LogP contribution in [-0.4, -0.2) is 116 Å². The quantitative estimate of drug-likeness (QED) is 0.0387. The Kier molecular flexibility index (Phi) is 29.6. The largest absolute Gasteiger partial charge is 0.387 e. The Morgan fingerprint density at radius 2 is 0.351 bits per heavy atom. The molecular formula is C95H98O16. The zero-order valence-electron chi connectivity index (χ0n) is 62.3. The van der Waals surface area contributed by atoms with Crippen LogP contribution in [0.1, 0.15) is 61.2 Å². The number of rotatable bonds is 39. The van der Waals surface area contributed by atoms with Gasteiger partial charge in [0.2, 0.25) is 0 Å². The fourth-order valence-electron chi connectivity index (χ4n) is 14.3. The number of ether oxygens (including phenoxy) is 15. The van der Waals surface area contributed by atoms with Crippen molar-refractivity contribution in [3.05, 3.63) is 395 Å². The lowest BCUT2D eigenvalue weighted by Gasteiger charge is -2.53. The maximum atomic E-state index is 14.5. The standard InChI is InChI=1S/C95H98O16/c96-82-85(110-94-92(106-65-78-52-30-10-31-53-78)87(101-60-73-42-20-5-21-43-73)83(99-58-71-38-16-3-17-39-71)80(108-94)67-97-56-69-34-12-1-13-35-69)89(103-62-75-46-24-7-25-47-75)91(105-64-77-50-28-9-29-51-77)90(104-63-76-48-26-8-27-49-76)86(82)111-95-93(107-66-79-54-32-11-33-55-79)88(102-61-74-44-22-6-23-45-74)84(100-59-72-40-18-4-19-41-72)81(109-95)68-98-57-70-36-14-2-15-37-70/h1-55,80-96H,56-68H2/t80?,81?,82?,83-,84-,85?,86?,87-,88?,89?,90+,91?,92?,93-,94-,95-/m1/s1. The lowest BCUT2D eigenvalue weighted by molar-refractivity contribution is -0.381. The van der Waals surface area contributed by atoms with Gasteiger partial charge in [0, 0.05) is 0 Å². The molecule has 11 aromatic rings. The summed E-state index contributed by atoms with van der Waals surface area (Å²) in [4.78, 5) is 0. The molecule has 0 radical (unpaired) electrons. The van der Waals surface area contributed by atoms with Crippen LogP contribution in [0.5, 0.6) is 0 Å². The van der Waals surface area contributed by atoms with Crippen LogP contribution in [0.3, 0.4) is 0 Å². The van der Waals surface area contributed by atoms with E-state index in [9.17, 15) is 5.11 Å². The van der Waals surface area contributed by atoms with Crippen LogP contribution in [0.25, 0.3) is 0 Å². The van der Waals surface area contributed by atoms with E-state index in [1.165, 1.54) is 0 Å². The first kappa shape index (κ1) is 78.5. The van der Waals surface area contributed by atoms with Crippen molar-refractivity contribution in [2.24, 2.45) is 0 Å². The van der Waals surface area contributed by atoms with Crippen LogP contribution in [0.2, 0.25) is 0 Å². The van der Waals surface area contributed by atoms with E-state index in [0.29, 0.717) is 0 Å². The van der Waals surface area contributed by atoms with Crippen molar-refractivity contribution in [2.75, 3.05) is 13.2 Å². The second-order valence-electron chi connectivity index (χ2n) is 28.1. The van der Waals surface area contributed by atoms with E-state index in [1.807, 2.05) is 334 Å². The fraction of sp³-hybridized carbons (Fsp3) is 0.305. The molecule has 111 heavy (non-hydrogen) atoms. The SMILES string of the molecule is OC1C(O[C@H]2OC(COCc3ccccc3)[C@@H](OCc3ccccc3)[C@@H](OCc3ccccc3)C2OCc2ccccc2)C(OCc2ccccc2)C(OCc2ccccc2)[C@@H](OCc2ccccc2)C1O[C@H]1OC(COCc2ccccc2)[C@@H](OCc2ccccc2)C(OCc2ccccc2)[C@H]1OCc1ccccc1. The lowest BCUT2D eigenvalue weighted by atomic mass is 9.83. The van der Waals surface area contributed by atoms with E-state index >= 15 is 0 Å². The highest BCUT2D eigenvalue weighted by atomic mass is 16.8. The lowest BCUT2D eigenvalue weighted by Crippen LogP contribution is -2.70. The maximum absolute atomic E-state index is 14.5. The summed E-state index contributed by atoms with van der Waals surface area (Å²) in [5, 5.41) is 14.5. The molecule has 16 nitrogen and oxygen atoms in total. The number of hydrogen-bond donors (Lipinski definition) is 1. The minimum Gasteiger partial charge on any atom is -0.387 e. The van der Waals surface area contributed by atoms with Gasteiger partial charge in [-0.2, -0.15) is 0 Å². The summed E-state index contributed by atoms with van der Waals surface area (Å²) in [6, 6.07) is 110. The van der Waals surface area contributed by atoms with Crippen molar-refractivity contribution >= 4 is 0 Å². The molecule has 14 rings (SSSR count). The predicted molar refractivity (Wildman–Crippen MR) is 420 cm³/mol. The first-order chi connectivity index (χ1) is 55.0. The maximum Gasteiger partial charge on any atom is 0.187 e. The smallest absolute Gasteiger partial charge is 0.187 e. The highest BCUT2D eigenvalue weighted by molar-refractivity contribution is 5.23. The fourth-order valence-corrected chi connectivity index (χ4v) is 14.3. The molecule has 3 aliphatic rings. The Hall–Kier alpha value is -9.22. The first-order valence-electron chi connectivity index (χ1n) is 38.4. The molecule has 1 aliphatic carbocycles. The van der Waals surface area contributed by atoms with Crippen LogP contribution in [0.4, 0.5) is 0 Å². The van der Waals surface area contributed by atoms with Gasteiger partial charge < -0.3 is 76.2 Å². The van der Waals surface area contributed by atoms with Crippen LogP contribution < -0.4 is 0 Å². The molecular weight excluding hydrogens is 1400 g/mol. The predicted octanol–water partition coefficient (Wildman–Crippen LogP) is 16.3. The summed E-state index contributed by atoms with van der Waals surface area (Å²) in [5.41, 5.74) is 10.00. The molecule has 2 aliphatic heterocycles. The number of benzene rings is 11. The molecule has 2 saturated heterocycles. The average molecular weight is 1500 g/mol. The minimum atomic E-state index is -1.67. The third-order valence-electron chi connectivity index (χ3n) is 20.1. The van der Waals surface area contributed by atoms with Gasteiger partial charge >= 0.3 is 0 Å². The van der Waals surface area contributed by atoms with E-state index in [4.69, 9.17) is 71.1 Å². The molecule has 0 amide bonds. The molecule has 2 heterocycles. The Labute approximate surface area is 651 Å². The second kappa shape index (κ2) is 41.9. The van der Waals surface area contributed by atoms with E-state index in [-0.39, 0.29) is 85.9 Å². The van der Waals surface area contributed by atoms with Gasteiger partial charge in [-0.25, -0.2) is 0 Å². The number of hydrogen-bond acceptors (Lipinski definition) is 16. The van der Waals surface area contributed by atoms with E-state index in [0.717, 1.165) is 61.2 Å². The third kappa shape index (κ3) is 22.8. The number of aliphatic hydroxyl groups excluding tert-OH is 1. The van der Waals surface area contributed by atoms with E-state index in [1.54, 1.807) is 0 Å². The summed E-state index contributed by atoms with van der Waals surface area (Å²) < 4.78 is 110. The second-order valence-corrected chi connectivity index (χ2v) is 28.1. The summed E-state index contributed by atoms with van der Waals surface area (Å²) in [7, 11) is 0. The van der Waals surface area contributed by atoms with Gasteiger partial charge in [0.25, 0.3) is 0 Å². The molecule has 16 atom stereocenters.